The van der Waals surface area contributed by atoms with Crippen LogP contribution in [-0.2, 0) is 4.74 Å². The number of carbonyl (C=O) groups is 1. The number of para-hydroxylation sites is 2. The Labute approximate surface area is 187 Å². The normalized spacial score (nSPS) is 12.1. The number of imidazole rings is 1. The van der Waals surface area contributed by atoms with Crippen molar-refractivity contribution in [1.82, 2.24) is 9.38 Å². The Balaban J connectivity index is 1.40. The quantitative estimate of drug-likeness (QED) is 0.281. The highest BCUT2D eigenvalue weighted by atomic mass is 32.1. The largest absolute Gasteiger partial charge is 0.462 e. The Kier molecular flexibility index (Phi) is 5.33. The predicted octanol–water partition coefficient (Wildman–Crippen LogP) is 4.67. The number of benzene rings is 2. The number of ether oxygens (including phenoxy) is 1. The van der Waals surface area contributed by atoms with E-state index in [1.54, 1.807) is 22.6 Å². The standard InChI is InChI=1S/C25H20N2O4S/c1-2-3-14-30-24(29)17-10-8-16(9-11-17)21-13-12-18(31-21)15-22-23(28)27-20-7-5-4-6-19(20)26-25(27)32-22/h4-13,15H,2-3,14H2,1H3. The summed E-state index contributed by atoms with van der Waals surface area (Å²) in [6.07, 6.45) is 3.57. The van der Waals surface area contributed by atoms with E-state index in [4.69, 9.17) is 9.15 Å². The van der Waals surface area contributed by atoms with Gasteiger partial charge in [-0.15, -0.1) is 0 Å². The molecule has 0 bridgehead atoms. The molecule has 6 nitrogen and oxygen atoms in total. The van der Waals surface area contributed by atoms with Crippen LogP contribution in [-0.4, -0.2) is 22.0 Å². The molecule has 3 aromatic heterocycles. The van der Waals surface area contributed by atoms with Crippen molar-refractivity contribution in [2.45, 2.75) is 19.8 Å². The van der Waals surface area contributed by atoms with E-state index in [9.17, 15) is 9.59 Å². The molecule has 0 aliphatic heterocycles. The van der Waals surface area contributed by atoms with Gasteiger partial charge >= 0.3 is 5.97 Å². The lowest BCUT2D eigenvalue weighted by Gasteiger charge is -2.04. The third kappa shape index (κ3) is 3.71. The average molecular weight is 445 g/mol. The second-order valence-electron chi connectivity index (χ2n) is 7.40. The molecule has 0 N–H and O–H groups in total. The zero-order valence-electron chi connectivity index (χ0n) is 17.4. The molecule has 0 saturated carbocycles. The molecular weight excluding hydrogens is 424 g/mol. The van der Waals surface area contributed by atoms with Crippen LogP contribution in [0.25, 0.3) is 33.4 Å². The number of unbranched alkanes of at least 4 members (excludes halogenated alkanes) is 1. The van der Waals surface area contributed by atoms with Crippen molar-refractivity contribution in [2.75, 3.05) is 6.61 Å². The van der Waals surface area contributed by atoms with Gasteiger partial charge in [0.25, 0.3) is 5.56 Å². The van der Waals surface area contributed by atoms with Crippen LogP contribution in [0.3, 0.4) is 0 Å². The number of nitrogens with zero attached hydrogens (tertiary/aromatic N) is 2. The first-order chi connectivity index (χ1) is 15.6. The van der Waals surface area contributed by atoms with Gasteiger partial charge in [-0.2, -0.15) is 0 Å². The minimum absolute atomic E-state index is 0.109. The van der Waals surface area contributed by atoms with Crippen LogP contribution in [0.2, 0.25) is 0 Å². The van der Waals surface area contributed by atoms with E-state index in [-0.39, 0.29) is 11.5 Å². The Morgan fingerprint density at radius 1 is 1.12 bits per heavy atom. The molecule has 0 atom stereocenters. The fraction of sp³-hybridized carbons (Fsp3) is 0.160. The number of hydrogen-bond acceptors (Lipinski definition) is 6. The number of aromatic nitrogens is 2. The van der Waals surface area contributed by atoms with Crippen LogP contribution in [0, 0.1) is 0 Å². The Morgan fingerprint density at radius 2 is 1.94 bits per heavy atom. The van der Waals surface area contributed by atoms with E-state index in [1.807, 2.05) is 55.5 Å². The maximum atomic E-state index is 12.9. The van der Waals surface area contributed by atoms with Crippen molar-refractivity contribution in [2.24, 2.45) is 0 Å². The third-order valence-corrected chi connectivity index (χ3v) is 6.15. The molecule has 0 aliphatic rings. The SMILES string of the molecule is CCCCOC(=O)c1ccc(-c2ccc(C=c3sc4nc5ccccc5n4c3=O)o2)cc1. The highest BCUT2D eigenvalue weighted by Crippen LogP contribution is 2.23. The smallest absolute Gasteiger partial charge is 0.338 e. The van der Waals surface area contributed by atoms with Crippen LogP contribution < -0.4 is 10.1 Å². The van der Waals surface area contributed by atoms with Gasteiger partial charge in [0.15, 0.2) is 4.96 Å². The molecule has 0 aliphatic carbocycles. The monoisotopic (exact) mass is 444 g/mol. The summed E-state index contributed by atoms with van der Waals surface area (Å²) in [6, 6.07) is 18.4. The summed E-state index contributed by atoms with van der Waals surface area (Å²) >= 11 is 1.34. The summed E-state index contributed by atoms with van der Waals surface area (Å²) in [4.78, 5) is 30.1. The van der Waals surface area contributed by atoms with Crippen molar-refractivity contribution < 1.29 is 13.9 Å². The van der Waals surface area contributed by atoms with Crippen molar-refractivity contribution >= 4 is 39.4 Å². The summed E-state index contributed by atoms with van der Waals surface area (Å²) in [5.41, 5.74) is 2.84. The topological polar surface area (TPSA) is 73.8 Å². The van der Waals surface area contributed by atoms with Crippen LogP contribution >= 0.6 is 11.3 Å². The molecule has 3 heterocycles. The molecule has 0 spiro atoms. The minimum atomic E-state index is -0.323. The number of thiazole rings is 1. The second kappa shape index (κ2) is 8.43. The predicted molar refractivity (Wildman–Crippen MR) is 125 cm³/mol. The molecule has 2 aromatic carbocycles. The first-order valence-electron chi connectivity index (χ1n) is 10.4. The first-order valence-corrected chi connectivity index (χ1v) is 11.2. The van der Waals surface area contributed by atoms with Crippen molar-refractivity contribution in [3.05, 3.63) is 86.9 Å². The maximum Gasteiger partial charge on any atom is 0.338 e. The van der Waals surface area contributed by atoms with Gasteiger partial charge in [-0.25, -0.2) is 14.2 Å². The van der Waals surface area contributed by atoms with E-state index < -0.39 is 0 Å². The van der Waals surface area contributed by atoms with Gasteiger partial charge < -0.3 is 9.15 Å². The Hall–Kier alpha value is -3.71. The zero-order valence-corrected chi connectivity index (χ0v) is 18.2. The molecular formula is C25H20N2O4S. The van der Waals surface area contributed by atoms with E-state index in [1.165, 1.54) is 11.3 Å². The number of fused-ring (bicyclic) bond motifs is 3. The highest BCUT2D eigenvalue weighted by Gasteiger charge is 2.12. The van der Waals surface area contributed by atoms with Gasteiger partial charge in [0.05, 0.1) is 23.2 Å². The lowest BCUT2D eigenvalue weighted by atomic mass is 10.1. The fourth-order valence-electron chi connectivity index (χ4n) is 3.49. The summed E-state index contributed by atoms with van der Waals surface area (Å²) in [5.74, 6) is 0.909. The maximum absolute atomic E-state index is 12.9. The summed E-state index contributed by atoms with van der Waals surface area (Å²) < 4.78 is 13.4. The van der Waals surface area contributed by atoms with Crippen LogP contribution in [0.5, 0.6) is 0 Å². The van der Waals surface area contributed by atoms with Gasteiger partial charge in [-0.3, -0.25) is 4.79 Å². The molecule has 0 saturated heterocycles. The van der Waals surface area contributed by atoms with Gasteiger partial charge in [-0.05, 0) is 42.8 Å². The van der Waals surface area contributed by atoms with Gasteiger partial charge in [0.2, 0.25) is 0 Å². The van der Waals surface area contributed by atoms with Gasteiger partial charge in [0.1, 0.15) is 16.1 Å². The van der Waals surface area contributed by atoms with E-state index in [0.29, 0.717) is 33.2 Å². The molecule has 32 heavy (non-hydrogen) atoms. The van der Waals surface area contributed by atoms with E-state index in [2.05, 4.69) is 4.98 Å². The highest BCUT2D eigenvalue weighted by molar-refractivity contribution is 7.15. The molecule has 160 valence electrons. The van der Waals surface area contributed by atoms with Gasteiger partial charge in [-0.1, -0.05) is 48.9 Å². The Morgan fingerprint density at radius 3 is 2.75 bits per heavy atom. The zero-order chi connectivity index (χ0) is 22.1. The molecule has 5 aromatic rings. The molecule has 0 fully saturated rings. The van der Waals surface area contributed by atoms with Crippen molar-refractivity contribution in [1.29, 1.82) is 0 Å². The van der Waals surface area contributed by atoms with E-state index in [0.717, 1.165) is 29.4 Å². The van der Waals surface area contributed by atoms with Crippen molar-refractivity contribution in [3.63, 3.8) is 0 Å². The minimum Gasteiger partial charge on any atom is -0.462 e. The molecule has 5 rings (SSSR count). The Bertz CT molecular complexity index is 1530. The lowest BCUT2D eigenvalue weighted by Crippen LogP contribution is -2.22. The molecule has 0 unspecified atom stereocenters. The summed E-state index contributed by atoms with van der Waals surface area (Å²) in [5, 5.41) is 0. The van der Waals surface area contributed by atoms with Gasteiger partial charge in [0, 0.05) is 11.6 Å². The number of furan rings is 1. The number of hydrogen-bond donors (Lipinski definition) is 0. The average Bonchev–Trinajstić information content (AvgIpc) is 3.50. The molecule has 0 amide bonds. The van der Waals surface area contributed by atoms with Crippen LogP contribution in [0.4, 0.5) is 0 Å². The van der Waals surface area contributed by atoms with Crippen LogP contribution in [0.1, 0.15) is 35.9 Å². The molecule has 7 heteroatoms. The summed E-state index contributed by atoms with van der Waals surface area (Å²) in [6.45, 7) is 2.48. The molecule has 0 radical (unpaired) electrons. The van der Waals surface area contributed by atoms with Crippen molar-refractivity contribution in [3.8, 4) is 11.3 Å². The third-order valence-electron chi connectivity index (χ3n) is 5.18. The number of rotatable bonds is 6. The first kappa shape index (κ1) is 20.2. The van der Waals surface area contributed by atoms with Crippen LogP contribution in [0.15, 0.2) is 69.9 Å². The lowest BCUT2D eigenvalue weighted by molar-refractivity contribution is 0.0500. The second-order valence-corrected chi connectivity index (χ2v) is 8.41. The van der Waals surface area contributed by atoms with E-state index >= 15 is 0 Å². The fourth-order valence-corrected chi connectivity index (χ4v) is 4.46. The number of carbonyl (C=O) groups excluding carboxylic acids is 1. The number of esters is 1. The summed E-state index contributed by atoms with van der Waals surface area (Å²) in [7, 11) is 0.